The Kier molecular flexibility index (Phi) is 3.66. The highest BCUT2D eigenvalue weighted by Crippen LogP contribution is 2.32. The van der Waals surface area contributed by atoms with Crippen LogP contribution in [0, 0.1) is 0 Å². The zero-order valence-electron chi connectivity index (χ0n) is 10.3. The van der Waals surface area contributed by atoms with Gasteiger partial charge in [0, 0.05) is 5.56 Å². The number of anilines is 1. The van der Waals surface area contributed by atoms with Gasteiger partial charge in [-0.1, -0.05) is 5.10 Å². The summed E-state index contributed by atoms with van der Waals surface area (Å²) in [6.45, 7) is 4.96. The molecule has 0 spiro atoms. The van der Waals surface area contributed by atoms with Crippen molar-refractivity contribution in [2.75, 3.05) is 18.9 Å². The van der Waals surface area contributed by atoms with Gasteiger partial charge in [0.05, 0.1) is 13.2 Å². The fourth-order valence-electron chi connectivity index (χ4n) is 1.54. The molecular weight excluding hydrogens is 234 g/mol. The number of hydrogen-bond donors (Lipinski definition) is 1. The van der Waals surface area contributed by atoms with Crippen LogP contribution in [0.3, 0.4) is 0 Å². The smallest absolute Gasteiger partial charge is 0.313 e. The van der Waals surface area contributed by atoms with E-state index in [9.17, 15) is 0 Å². The van der Waals surface area contributed by atoms with Crippen molar-refractivity contribution in [3.05, 3.63) is 18.2 Å². The molecular formula is C12H15N3O3. The van der Waals surface area contributed by atoms with Gasteiger partial charge < -0.3 is 19.6 Å². The molecule has 0 aliphatic heterocycles. The zero-order valence-corrected chi connectivity index (χ0v) is 10.3. The molecule has 2 N–H and O–H groups in total. The van der Waals surface area contributed by atoms with Crippen LogP contribution in [-0.2, 0) is 0 Å². The van der Waals surface area contributed by atoms with Gasteiger partial charge in [0.25, 0.3) is 0 Å². The van der Waals surface area contributed by atoms with Crippen LogP contribution in [0.2, 0.25) is 0 Å². The summed E-state index contributed by atoms with van der Waals surface area (Å²) in [7, 11) is 0. The summed E-state index contributed by atoms with van der Waals surface area (Å²) in [5, 5.41) is 7.44. The normalized spacial score (nSPS) is 10.3. The first-order chi connectivity index (χ1) is 8.74. The van der Waals surface area contributed by atoms with Crippen LogP contribution in [0.25, 0.3) is 11.5 Å². The Balaban J connectivity index is 2.35. The standard InChI is InChI=1S/C12H15N3O3/c1-3-16-9-6-5-8(7-10(9)17-4-2)11-14-15-12(13)18-11/h5-7H,3-4H2,1-2H3,(H2,13,15). The van der Waals surface area contributed by atoms with E-state index in [-0.39, 0.29) is 6.01 Å². The van der Waals surface area contributed by atoms with Gasteiger partial charge in [-0.15, -0.1) is 5.10 Å². The molecule has 2 rings (SSSR count). The average Bonchev–Trinajstić information content (AvgIpc) is 2.79. The van der Waals surface area contributed by atoms with Gasteiger partial charge in [-0.05, 0) is 32.0 Å². The molecule has 0 bridgehead atoms. The van der Waals surface area contributed by atoms with E-state index in [0.717, 1.165) is 5.56 Å². The number of nitrogen functional groups attached to an aromatic ring is 1. The van der Waals surface area contributed by atoms with Crippen LogP contribution in [0.4, 0.5) is 6.01 Å². The molecule has 0 unspecified atom stereocenters. The number of rotatable bonds is 5. The number of ether oxygens (including phenoxy) is 2. The maximum Gasteiger partial charge on any atom is 0.313 e. The van der Waals surface area contributed by atoms with Crippen molar-refractivity contribution in [1.29, 1.82) is 0 Å². The van der Waals surface area contributed by atoms with E-state index in [2.05, 4.69) is 10.2 Å². The van der Waals surface area contributed by atoms with Crippen molar-refractivity contribution in [3.63, 3.8) is 0 Å². The Bertz CT molecular complexity index is 525. The highest BCUT2D eigenvalue weighted by Gasteiger charge is 2.11. The molecule has 0 amide bonds. The molecule has 0 fully saturated rings. The van der Waals surface area contributed by atoms with Crippen molar-refractivity contribution in [1.82, 2.24) is 10.2 Å². The molecule has 18 heavy (non-hydrogen) atoms. The lowest BCUT2D eigenvalue weighted by Gasteiger charge is -2.11. The van der Waals surface area contributed by atoms with Crippen molar-refractivity contribution < 1.29 is 13.9 Å². The summed E-state index contributed by atoms with van der Waals surface area (Å²) >= 11 is 0. The summed E-state index contributed by atoms with van der Waals surface area (Å²) in [4.78, 5) is 0. The van der Waals surface area contributed by atoms with Gasteiger partial charge in [-0.25, -0.2) is 0 Å². The maximum atomic E-state index is 5.51. The van der Waals surface area contributed by atoms with Gasteiger partial charge in [-0.3, -0.25) is 0 Å². The van der Waals surface area contributed by atoms with Crippen LogP contribution in [0.1, 0.15) is 13.8 Å². The Labute approximate surface area is 105 Å². The van der Waals surface area contributed by atoms with E-state index in [0.29, 0.717) is 30.6 Å². The number of nitrogens with zero attached hydrogens (tertiary/aromatic N) is 2. The monoisotopic (exact) mass is 249 g/mol. The number of hydrogen-bond acceptors (Lipinski definition) is 6. The molecule has 0 aliphatic carbocycles. The van der Waals surface area contributed by atoms with Gasteiger partial charge in [0.2, 0.25) is 5.89 Å². The lowest BCUT2D eigenvalue weighted by Crippen LogP contribution is -1.98. The first kappa shape index (κ1) is 12.2. The highest BCUT2D eigenvalue weighted by atomic mass is 16.5. The van der Waals surface area contributed by atoms with Crippen molar-refractivity contribution in [3.8, 4) is 23.0 Å². The Morgan fingerprint density at radius 1 is 1.11 bits per heavy atom. The molecule has 6 nitrogen and oxygen atoms in total. The minimum Gasteiger partial charge on any atom is -0.490 e. The van der Waals surface area contributed by atoms with Crippen LogP contribution in [-0.4, -0.2) is 23.4 Å². The second kappa shape index (κ2) is 5.39. The topological polar surface area (TPSA) is 83.4 Å². The van der Waals surface area contributed by atoms with Crippen molar-refractivity contribution >= 4 is 6.01 Å². The van der Waals surface area contributed by atoms with Gasteiger partial charge in [0.15, 0.2) is 11.5 Å². The molecule has 96 valence electrons. The molecule has 6 heteroatoms. The molecule has 0 saturated carbocycles. The van der Waals surface area contributed by atoms with Crippen LogP contribution >= 0.6 is 0 Å². The van der Waals surface area contributed by atoms with Gasteiger partial charge in [-0.2, -0.15) is 0 Å². The molecule has 2 aromatic rings. The maximum absolute atomic E-state index is 5.51. The molecule has 0 saturated heterocycles. The van der Waals surface area contributed by atoms with E-state index in [4.69, 9.17) is 19.6 Å². The number of benzene rings is 1. The third kappa shape index (κ3) is 2.53. The largest absolute Gasteiger partial charge is 0.490 e. The Morgan fingerprint density at radius 2 is 1.83 bits per heavy atom. The quantitative estimate of drug-likeness (QED) is 0.873. The predicted octanol–water partition coefficient (Wildman–Crippen LogP) is 2.12. The summed E-state index contributed by atoms with van der Waals surface area (Å²) in [5.74, 6) is 1.70. The van der Waals surface area contributed by atoms with Crippen LogP contribution in [0.15, 0.2) is 22.6 Å². The SMILES string of the molecule is CCOc1ccc(-c2nnc(N)o2)cc1OCC. The number of nitrogens with two attached hydrogens (primary N) is 1. The number of aromatic nitrogens is 2. The minimum atomic E-state index is 0.0387. The summed E-state index contributed by atoms with van der Waals surface area (Å²) in [6.07, 6.45) is 0. The molecule has 0 aliphatic rings. The first-order valence-corrected chi connectivity index (χ1v) is 5.73. The fourth-order valence-corrected chi connectivity index (χ4v) is 1.54. The molecule has 1 aromatic carbocycles. The van der Waals surface area contributed by atoms with E-state index in [1.807, 2.05) is 26.0 Å². The van der Waals surface area contributed by atoms with E-state index in [1.54, 1.807) is 6.07 Å². The van der Waals surface area contributed by atoms with Gasteiger partial charge >= 0.3 is 6.01 Å². The predicted molar refractivity (Wildman–Crippen MR) is 66.5 cm³/mol. The zero-order chi connectivity index (χ0) is 13.0. The molecule has 1 heterocycles. The van der Waals surface area contributed by atoms with Crippen molar-refractivity contribution in [2.45, 2.75) is 13.8 Å². The minimum absolute atomic E-state index is 0.0387. The second-order valence-corrected chi connectivity index (χ2v) is 3.47. The van der Waals surface area contributed by atoms with E-state index >= 15 is 0 Å². The van der Waals surface area contributed by atoms with E-state index in [1.165, 1.54) is 0 Å². The van der Waals surface area contributed by atoms with Gasteiger partial charge in [0.1, 0.15) is 0 Å². The molecule has 0 atom stereocenters. The molecule has 1 aromatic heterocycles. The third-order valence-corrected chi connectivity index (χ3v) is 2.23. The Morgan fingerprint density at radius 3 is 2.44 bits per heavy atom. The summed E-state index contributed by atoms with van der Waals surface area (Å²) in [6, 6.07) is 5.46. The van der Waals surface area contributed by atoms with Crippen LogP contribution < -0.4 is 15.2 Å². The summed E-state index contributed by atoms with van der Waals surface area (Å²) < 4.78 is 16.1. The fraction of sp³-hybridized carbons (Fsp3) is 0.333. The lowest BCUT2D eigenvalue weighted by molar-refractivity contribution is 0.288. The highest BCUT2D eigenvalue weighted by molar-refractivity contribution is 5.60. The second-order valence-electron chi connectivity index (χ2n) is 3.47. The average molecular weight is 249 g/mol. The lowest BCUT2D eigenvalue weighted by atomic mass is 10.2. The third-order valence-electron chi connectivity index (χ3n) is 2.23. The summed E-state index contributed by atoms with van der Waals surface area (Å²) in [5.41, 5.74) is 6.14. The molecule has 0 radical (unpaired) electrons. The Hall–Kier alpha value is -2.24. The first-order valence-electron chi connectivity index (χ1n) is 5.73. The van der Waals surface area contributed by atoms with E-state index < -0.39 is 0 Å². The van der Waals surface area contributed by atoms with Crippen molar-refractivity contribution in [2.24, 2.45) is 0 Å². The van der Waals surface area contributed by atoms with Crippen LogP contribution in [0.5, 0.6) is 11.5 Å².